The van der Waals surface area contributed by atoms with E-state index in [2.05, 4.69) is 6.92 Å². The molecule has 0 spiro atoms. The Morgan fingerprint density at radius 2 is 2.31 bits per heavy atom. The average molecular weight is 182 g/mol. The van der Waals surface area contributed by atoms with E-state index in [4.69, 9.17) is 4.74 Å². The third-order valence-corrected chi connectivity index (χ3v) is 2.44. The maximum absolute atomic E-state index is 11.0. The molecule has 1 aliphatic rings. The van der Waals surface area contributed by atoms with Crippen LogP contribution in [0.15, 0.2) is 11.6 Å². The zero-order chi connectivity index (χ0) is 9.68. The monoisotopic (exact) mass is 182 g/mol. The van der Waals surface area contributed by atoms with Crippen LogP contribution in [0.3, 0.4) is 0 Å². The van der Waals surface area contributed by atoms with E-state index in [1.54, 1.807) is 0 Å². The van der Waals surface area contributed by atoms with E-state index in [-0.39, 0.29) is 12.1 Å². The van der Waals surface area contributed by atoms with Gasteiger partial charge < -0.3 is 4.74 Å². The standard InChI is InChI=1S/C11H18O2/c1-3-4-5-6-10-9(2)7-8-11(12)13-10/h7,10H,3-6,8H2,1-2H3. The molecule has 0 bridgehead atoms. The lowest BCUT2D eigenvalue weighted by molar-refractivity contribution is -0.147. The summed E-state index contributed by atoms with van der Waals surface area (Å²) in [6.45, 7) is 4.22. The largest absolute Gasteiger partial charge is 0.458 e. The highest BCUT2D eigenvalue weighted by atomic mass is 16.5. The minimum Gasteiger partial charge on any atom is -0.458 e. The molecule has 0 radical (unpaired) electrons. The Morgan fingerprint density at radius 1 is 1.54 bits per heavy atom. The van der Waals surface area contributed by atoms with Crippen LogP contribution in [-0.2, 0) is 9.53 Å². The topological polar surface area (TPSA) is 26.3 Å². The second-order valence-corrected chi connectivity index (χ2v) is 3.63. The molecule has 1 atom stereocenters. The molecule has 1 aliphatic heterocycles. The zero-order valence-electron chi connectivity index (χ0n) is 8.51. The molecular formula is C11H18O2. The van der Waals surface area contributed by atoms with E-state index < -0.39 is 0 Å². The molecule has 0 N–H and O–H groups in total. The Bertz CT molecular complexity index is 206. The summed E-state index contributed by atoms with van der Waals surface area (Å²) in [6, 6.07) is 0. The van der Waals surface area contributed by atoms with E-state index in [9.17, 15) is 4.79 Å². The van der Waals surface area contributed by atoms with Gasteiger partial charge in [-0.3, -0.25) is 4.79 Å². The molecular weight excluding hydrogens is 164 g/mol. The van der Waals surface area contributed by atoms with Crippen LogP contribution in [0, 0.1) is 0 Å². The molecule has 0 aromatic heterocycles. The molecule has 0 aromatic rings. The molecule has 0 saturated carbocycles. The molecule has 0 fully saturated rings. The maximum Gasteiger partial charge on any atom is 0.310 e. The molecule has 0 aromatic carbocycles. The van der Waals surface area contributed by atoms with E-state index in [1.807, 2.05) is 13.0 Å². The van der Waals surface area contributed by atoms with Crippen LogP contribution in [0.2, 0.25) is 0 Å². The molecule has 0 amide bonds. The second kappa shape index (κ2) is 5.05. The summed E-state index contributed by atoms with van der Waals surface area (Å²) in [6.07, 6.45) is 7.08. The Balaban J connectivity index is 2.35. The number of unbranched alkanes of at least 4 members (excludes halogenated alkanes) is 2. The van der Waals surface area contributed by atoms with Crippen LogP contribution in [0.25, 0.3) is 0 Å². The highest BCUT2D eigenvalue weighted by molar-refractivity contribution is 5.73. The quantitative estimate of drug-likeness (QED) is 0.379. The van der Waals surface area contributed by atoms with Gasteiger partial charge in [-0.15, -0.1) is 0 Å². The number of rotatable bonds is 4. The smallest absolute Gasteiger partial charge is 0.310 e. The predicted octanol–water partition coefficient (Wildman–Crippen LogP) is 2.83. The molecule has 1 rings (SSSR count). The third-order valence-electron chi connectivity index (χ3n) is 2.44. The number of esters is 1. The van der Waals surface area contributed by atoms with Crippen molar-refractivity contribution < 1.29 is 9.53 Å². The Hall–Kier alpha value is -0.790. The van der Waals surface area contributed by atoms with Crippen molar-refractivity contribution in [3.63, 3.8) is 0 Å². The summed E-state index contributed by atoms with van der Waals surface area (Å²) in [4.78, 5) is 11.0. The summed E-state index contributed by atoms with van der Waals surface area (Å²) < 4.78 is 5.24. The molecule has 0 aliphatic carbocycles. The van der Waals surface area contributed by atoms with Gasteiger partial charge in [0.25, 0.3) is 0 Å². The number of carbonyl (C=O) groups excluding carboxylic acids is 1. The van der Waals surface area contributed by atoms with Crippen molar-refractivity contribution >= 4 is 5.97 Å². The first-order chi connectivity index (χ1) is 6.24. The first-order valence-electron chi connectivity index (χ1n) is 5.10. The van der Waals surface area contributed by atoms with E-state index in [1.165, 1.54) is 18.4 Å². The fraction of sp³-hybridized carbons (Fsp3) is 0.727. The van der Waals surface area contributed by atoms with Crippen LogP contribution in [-0.4, -0.2) is 12.1 Å². The molecule has 74 valence electrons. The first-order valence-corrected chi connectivity index (χ1v) is 5.10. The van der Waals surface area contributed by atoms with Crippen molar-refractivity contribution in [2.75, 3.05) is 0 Å². The van der Waals surface area contributed by atoms with Gasteiger partial charge in [0.2, 0.25) is 0 Å². The van der Waals surface area contributed by atoms with Gasteiger partial charge in [-0.2, -0.15) is 0 Å². The lowest BCUT2D eigenvalue weighted by atomic mass is 10.0. The fourth-order valence-corrected chi connectivity index (χ4v) is 1.54. The van der Waals surface area contributed by atoms with Gasteiger partial charge >= 0.3 is 5.97 Å². The first kappa shape index (κ1) is 10.3. The number of ether oxygens (including phenoxy) is 1. The van der Waals surface area contributed by atoms with Crippen molar-refractivity contribution in [1.82, 2.24) is 0 Å². The van der Waals surface area contributed by atoms with Gasteiger partial charge in [0, 0.05) is 0 Å². The molecule has 0 saturated heterocycles. The maximum atomic E-state index is 11.0. The lowest BCUT2D eigenvalue weighted by Crippen LogP contribution is -2.23. The third kappa shape index (κ3) is 3.21. The average Bonchev–Trinajstić information content (AvgIpc) is 2.11. The summed E-state index contributed by atoms with van der Waals surface area (Å²) in [5.74, 6) is -0.0768. The van der Waals surface area contributed by atoms with Crippen molar-refractivity contribution in [2.24, 2.45) is 0 Å². The Morgan fingerprint density at radius 3 is 3.00 bits per heavy atom. The van der Waals surface area contributed by atoms with Crippen LogP contribution >= 0.6 is 0 Å². The second-order valence-electron chi connectivity index (χ2n) is 3.63. The minimum atomic E-state index is -0.0768. The van der Waals surface area contributed by atoms with Crippen molar-refractivity contribution in [3.05, 3.63) is 11.6 Å². The van der Waals surface area contributed by atoms with Crippen molar-refractivity contribution in [2.45, 2.75) is 52.1 Å². The van der Waals surface area contributed by atoms with Gasteiger partial charge in [0.15, 0.2) is 0 Å². The van der Waals surface area contributed by atoms with Gasteiger partial charge in [-0.05, 0) is 25.3 Å². The summed E-state index contributed by atoms with van der Waals surface area (Å²) in [5, 5.41) is 0. The number of hydrogen-bond acceptors (Lipinski definition) is 2. The van der Waals surface area contributed by atoms with Gasteiger partial charge in [-0.25, -0.2) is 0 Å². The number of hydrogen-bond donors (Lipinski definition) is 0. The highest BCUT2D eigenvalue weighted by Gasteiger charge is 2.19. The minimum absolute atomic E-state index is 0.0628. The number of carbonyl (C=O) groups is 1. The van der Waals surface area contributed by atoms with Gasteiger partial charge in [-0.1, -0.05) is 25.8 Å². The normalized spacial score (nSPS) is 22.5. The fourth-order valence-electron chi connectivity index (χ4n) is 1.54. The highest BCUT2D eigenvalue weighted by Crippen LogP contribution is 2.19. The summed E-state index contributed by atoms with van der Waals surface area (Å²) >= 11 is 0. The summed E-state index contributed by atoms with van der Waals surface area (Å²) in [7, 11) is 0. The van der Waals surface area contributed by atoms with Crippen LogP contribution in [0.5, 0.6) is 0 Å². The van der Waals surface area contributed by atoms with E-state index in [0.717, 1.165) is 12.8 Å². The van der Waals surface area contributed by atoms with E-state index in [0.29, 0.717) is 6.42 Å². The van der Waals surface area contributed by atoms with Crippen molar-refractivity contribution in [3.8, 4) is 0 Å². The van der Waals surface area contributed by atoms with E-state index >= 15 is 0 Å². The van der Waals surface area contributed by atoms with Gasteiger partial charge in [0.05, 0.1) is 6.42 Å². The molecule has 2 heteroatoms. The Labute approximate surface area is 80.0 Å². The molecule has 2 nitrogen and oxygen atoms in total. The Kier molecular flexibility index (Phi) is 4.00. The predicted molar refractivity (Wildman–Crippen MR) is 52.4 cm³/mol. The van der Waals surface area contributed by atoms with Crippen LogP contribution in [0.1, 0.15) is 46.0 Å². The van der Waals surface area contributed by atoms with Crippen LogP contribution < -0.4 is 0 Å². The number of cyclic esters (lactones) is 1. The van der Waals surface area contributed by atoms with Gasteiger partial charge in [0.1, 0.15) is 6.10 Å². The molecule has 1 unspecified atom stereocenters. The zero-order valence-corrected chi connectivity index (χ0v) is 8.51. The lowest BCUT2D eigenvalue weighted by Gasteiger charge is -2.22. The van der Waals surface area contributed by atoms with Crippen molar-refractivity contribution in [1.29, 1.82) is 0 Å². The molecule has 13 heavy (non-hydrogen) atoms. The van der Waals surface area contributed by atoms with Crippen LogP contribution in [0.4, 0.5) is 0 Å². The molecule has 1 heterocycles. The summed E-state index contributed by atoms with van der Waals surface area (Å²) in [5.41, 5.74) is 1.22. The SMILES string of the molecule is CCCCCC1OC(=O)CC=C1C.